The number of aliphatic hydroxyl groups is 1. The van der Waals surface area contributed by atoms with Crippen LogP contribution in [0, 0.1) is 19.8 Å². The summed E-state index contributed by atoms with van der Waals surface area (Å²) in [5.41, 5.74) is 2.64. The van der Waals surface area contributed by atoms with Gasteiger partial charge in [-0.1, -0.05) is 13.8 Å². The number of aromatic amines is 1. The first kappa shape index (κ1) is 17.2. The molecule has 7 nitrogen and oxygen atoms in total. The monoisotopic (exact) mass is 320 g/mol. The minimum absolute atomic E-state index is 0.0830. The zero-order valence-electron chi connectivity index (χ0n) is 14.2. The number of rotatable bonds is 5. The summed E-state index contributed by atoms with van der Waals surface area (Å²) < 4.78 is 1.58. The molecule has 1 amide bonds. The highest BCUT2D eigenvalue weighted by molar-refractivity contribution is 5.84. The number of aryl methyl sites for hydroxylation is 3. The molecule has 2 rings (SSSR count). The molecule has 0 aromatic carbocycles. The van der Waals surface area contributed by atoms with Gasteiger partial charge in [-0.05, 0) is 30.9 Å². The van der Waals surface area contributed by atoms with Crippen LogP contribution in [0.5, 0.6) is 0 Å². The molecule has 2 aromatic heterocycles. The van der Waals surface area contributed by atoms with Gasteiger partial charge in [-0.15, -0.1) is 0 Å². The molecule has 7 heteroatoms. The highest BCUT2D eigenvalue weighted by atomic mass is 16.3. The highest BCUT2D eigenvalue weighted by Gasteiger charge is 2.18. The van der Waals surface area contributed by atoms with Gasteiger partial charge in [0.2, 0.25) is 5.91 Å². The second kappa shape index (κ2) is 6.54. The summed E-state index contributed by atoms with van der Waals surface area (Å²) in [5.74, 6) is -0.107. The van der Waals surface area contributed by atoms with Crippen molar-refractivity contribution in [3.8, 4) is 0 Å². The summed E-state index contributed by atoms with van der Waals surface area (Å²) in [5, 5.41) is 15.7. The Hall–Kier alpha value is -2.15. The summed E-state index contributed by atoms with van der Waals surface area (Å²) in [6.07, 6.45) is -0.432. The SMILES string of the molecule is Cc1nc2c(c(C)c1CC(=O)NCC(O)C(C)C)c(=O)[nH]n2C. The van der Waals surface area contributed by atoms with Crippen LogP contribution >= 0.6 is 0 Å². The standard InChI is InChI=1S/C16H24N4O3/c1-8(2)12(21)7-17-13(22)6-11-9(3)14-15(18-10(11)4)20(5)19-16(14)23/h8,12,21H,6-7H2,1-5H3,(H,17,22)(H,19,23). The third kappa shape index (κ3) is 3.44. The first-order valence-corrected chi connectivity index (χ1v) is 7.72. The second-order valence-corrected chi connectivity index (χ2v) is 6.29. The van der Waals surface area contributed by atoms with E-state index in [9.17, 15) is 14.7 Å². The molecule has 0 radical (unpaired) electrons. The van der Waals surface area contributed by atoms with E-state index in [4.69, 9.17) is 0 Å². The number of aromatic nitrogens is 3. The zero-order valence-corrected chi connectivity index (χ0v) is 14.2. The summed E-state index contributed by atoms with van der Waals surface area (Å²) in [6, 6.07) is 0. The lowest BCUT2D eigenvalue weighted by molar-refractivity contribution is -0.121. The van der Waals surface area contributed by atoms with Crippen LogP contribution < -0.4 is 10.9 Å². The maximum atomic E-state index is 12.1. The van der Waals surface area contributed by atoms with Crippen molar-refractivity contribution in [1.82, 2.24) is 20.1 Å². The molecule has 0 saturated heterocycles. The van der Waals surface area contributed by atoms with Gasteiger partial charge in [0.25, 0.3) is 5.56 Å². The molecule has 126 valence electrons. The van der Waals surface area contributed by atoms with Crippen molar-refractivity contribution in [2.45, 2.75) is 40.2 Å². The molecule has 0 aliphatic rings. The van der Waals surface area contributed by atoms with E-state index in [2.05, 4.69) is 15.4 Å². The van der Waals surface area contributed by atoms with Crippen molar-refractivity contribution >= 4 is 16.9 Å². The van der Waals surface area contributed by atoms with Gasteiger partial charge in [-0.2, -0.15) is 0 Å². The smallest absolute Gasteiger partial charge is 0.273 e. The number of nitrogens with one attached hydrogen (secondary N) is 2. The first-order valence-electron chi connectivity index (χ1n) is 7.72. The number of pyridine rings is 1. The van der Waals surface area contributed by atoms with E-state index in [-0.39, 0.29) is 30.3 Å². The van der Waals surface area contributed by atoms with E-state index < -0.39 is 6.10 Å². The number of nitrogens with zero attached hydrogens (tertiary/aromatic N) is 2. The Kier molecular flexibility index (Phi) is 4.89. The van der Waals surface area contributed by atoms with Crippen molar-refractivity contribution in [2.24, 2.45) is 13.0 Å². The molecule has 2 heterocycles. The highest BCUT2D eigenvalue weighted by Crippen LogP contribution is 2.20. The number of fused-ring (bicyclic) bond motifs is 1. The molecule has 0 saturated carbocycles. The molecule has 0 bridgehead atoms. The Labute approximate surface area is 134 Å². The average molecular weight is 320 g/mol. The van der Waals surface area contributed by atoms with Crippen LogP contribution in [0.1, 0.15) is 30.7 Å². The van der Waals surface area contributed by atoms with Gasteiger partial charge in [-0.25, -0.2) is 4.98 Å². The molecule has 23 heavy (non-hydrogen) atoms. The lowest BCUT2D eigenvalue weighted by Crippen LogP contribution is -2.35. The summed E-state index contributed by atoms with van der Waals surface area (Å²) >= 11 is 0. The third-order valence-electron chi connectivity index (χ3n) is 4.19. The predicted octanol–water partition coefficient (Wildman–Crippen LogP) is 0.554. The van der Waals surface area contributed by atoms with Crippen LogP contribution in [-0.4, -0.2) is 38.4 Å². The number of carbonyl (C=O) groups is 1. The van der Waals surface area contributed by atoms with E-state index in [0.29, 0.717) is 11.0 Å². The van der Waals surface area contributed by atoms with E-state index >= 15 is 0 Å². The Morgan fingerprint density at radius 1 is 1.39 bits per heavy atom. The van der Waals surface area contributed by atoms with Gasteiger partial charge in [0, 0.05) is 19.3 Å². The van der Waals surface area contributed by atoms with Crippen LogP contribution in [0.3, 0.4) is 0 Å². The van der Waals surface area contributed by atoms with Crippen LogP contribution in [0.25, 0.3) is 11.0 Å². The summed E-state index contributed by atoms with van der Waals surface area (Å²) in [4.78, 5) is 28.6. The van der Waals surface area contributed by atoms with Crippen LogP contribution in [0.2, 0.25) is 0 Å². The lowest BCUT2D eigenvalue weighted by Gasteiger charge is -2.16. The Morgan fingerprint density at radius 3 is 2.65 bits per heavy atom. The Balaban J connectivity index is 2.25. The van der Waals surface area contributed by atoms with Gasteiger partial charge in [-0.3, -0.25) is 19.4 Å². The molecule has 1 atom stereocenters. The number of hydrogen-bond acceptors (Lipinski definition) is 4. The van der Waals surface area contributed by atoms with Gasteiger partial charge in [0.15, 0.2) is 5.65 Å². The van der Waals surface area contributed by atoms with Crippen molar-refractivity contribution in [3.63, 3.8) is 0 Å². The average Bonchev–Trinajstić information content (AvgIpc) is 2.75. The van der Waals surface area contributed by atoms with Crippen LogP contribution in [0.15, 0.2) is 4.79 Å². The fourth-order valence-corrected chi connectivity index (χ4v) is 2.59. The number of aliphatic hydroxyl groups excluding tert-OH is 1. The fourth-order valence-electron chi connectivity index (χ4n) is 2.59. The number of amides is 1. The number of hydrogen-bond donors (Lipinski definition) is 3. The quantitative estimate of drug-likeness (QED) is 0.749. The van der Waals surface area contributed by atoms with Crippen LogP contribution in [-0.2, 0) is 18.3 Å². The van der Waals surface area contributed by atoms with Gasteiger partial charge >= 0.3 is 0 Å². The number of H-pyrrole nitrogens is 1. The molecule has 0 fully saturated rings. The molecule has 3 N–H and O–H groups in total. The van der Waals surface area contributed by atoms with E-state index in [1.165, 1.54) is 0 Å². The van der Waals surface area contributed by atoms with Gasteiger partial charge in [0.05, 0.1) is 17.9 Å². The first-order chi connectivity index (χ1) is 10.7. The molecular weight excluding hydrogens is 296 g/mol. The number of carbonyl (C=O) groups excluding carboxylic acids is 1. The predicted molar refractivity (Wildman–Crippen MR) is 88.4 cm³/mol. The van der Waals surface area contributed by atoms with Crippen LogP contribution in [0.4, 0.5) is 0 Å². The second-order valence-electron chi connectivity index (χ2n) is 6.29. The topological polar surface area (TPSA) is 100 Å². The molecule has 0 spiro atoms. The maximum Gasteiger partial charge on any atom is 0.273 e. The third-order valence-corrected chi connectivity index (χ3v) is 4.19. The Bertz CT molecular complexity index is 789. The van der Waals surface area contributed by atoms with Crippen molar-refractivity contribution in [1.29, 1.82) is 0 Å². The van der Waals surface area contributed by atoms with E-state index in [1.54, 1.807) is 11.7 Å². The summed E-state index contributed by atoms with van der Waals surface area (Å²) in [6.45, 7) is 7.67. The molecular formula is C16H24N4O3. The van der Waals surface area contributed by atoms with Gasteiger partial charge in [0.1, 0.15) is 0 Å². The molecule has 0 aliphatic carbocycles. The largest absolute Gasteiger partial charge is 0.391 e. The molecule has 1 unspecified atom stereocenters. The molecule has 2 aromatic rings. The van der Waals surface area contributed by atoms with E-state index in [0.717, 1.165) is 16.8 Å². The Morgan fingerprint density at radius 2 is 2.04 bits per heavy atom. The van der Waals surface area contributed by atoms with Crippen molar-refractivity contribution < 1.29 is 9.90 Å². The van der Waals surface area contributed by atoms with Gasteiger partial charge < -0.3 is 10.4 Å². The molecule has 0 aliphatic heterocycles. The fraction of sp³-hybridized carbons (Fsp3) is 0.562. The van der Waals surface area contributed by atoms with Crippen molar-refractivity contribution in [2.75, 3.05) is 6.54 Å². The van der Waals surface area contributed by atoms with E-state index in [1.807, 2.05) is 27.7 Å². The minimum atomic E-state index is -0.571. The lowest BCUT2D eigenvalue weighted by atomic mass is 10.0. The minimum Gasteiger partial charge on any atom is -0.391 e. The van der Waals surface area contributed by atoms with Crippen molar-refractivity contribution in [3.05, 3.63) is 27.2 Å². The normalized spacial score (nSPS) is 12.8. The summed E-state index contributed by atoms with van der Waals surface area (Å²) in [7, 11) is 1.73. The maximum absolute atomic E-state index is 12.1. The zero-order chi connectivity index (χ0) is 17.3.